The first kappa shape index (κ1) is 18.3. The number of phenolic OH excluding ortho intramolecular Hbond substituents is 2. The Bertz CT molecular complexity index is 494. The van der Waals surface area contributed by atoms with Gasteiger partial charge in [-0.15, -0.1) is 0 Å². The van der Waals surface area contributed by atoms with Crippen LogP contribution in [0.3, 0.4) is 0 Å². The largest absolute Gasteiger partial charge is 0.508 e. The van der Waals surface area contributed by atoms with Crippen molar-refractivity contribution < 1.29 is 35.4 Å². The minimum atomic E-state index is -1.80. The smallest absolute Gasteiger partial charge is 0.183 e. The van der Waals surface area contributed by atoms with Gasteiger partial charge in [0.1, 0.15) is 23.7 Å². The van der Waals surface area contributed by atoms with Crippen LogP contribution in [0.2, 0.25) is 0 Å². The molecule has 8 heteroatoms. The summed E-state index contributed by atoms with van der Waals surface area (Å²) in [6.45, 7) is -1.20. The average Bonchev–Trinajstić information content (AvgIpc) is 2.52. The molecule has 0 spiro atoms. The van der Waals surface area contributed by atoms with Crippen LogP contribution in [0.5, 0.6) is 11.5 Å². The van der Waals surface area contributed by atoms with Gasteiger partial charge in [-0.3, -0.25) is 4.79 Å². The Balaban J connectivity index is 2.57. The molecule has 22 heavy (non-hydrogen) atoms. The zero-order valence-electron chi connectivity index (χ0n) is 11.9. The van der Waals surface area contributed by atoms with Gasteiger partial charge in [0, 0.05) is 6.54 Å². The number of Topliss-reactive ketones (excluding diaryl/α,β-unsaturated/α-hetero) is 1. The molecule has 1 aromatic rings. The fourth-order valence-corrected chi connectivity index (χ4v) is 1.90. The first-order valence-corrected chi connectivity index (χ1v) is 6.76. The maximum atomic E-state index is 11.8. The van der Waals surface area contributed by atoms with Gasteiger partial charge in [-0.05, 0) is 30.2 Å². The number of benzene rings is 1. The van der Waals surface area contributed by atoms with Crippen LogP contribution in [0.4, 0.5) is 0 Å². The van der Waals surface area contributed by atoms with Gasteiger partial charge in [-0.25, -0.2) is 0 Å². The second-order valence-corrected chi connectivity index (χ2v) is 4.85. The average molecular weight is 315 g/mol. The van der Waals surface area contributed by atoms with E-state index < -0.39 is 37.2 Å². The third-order valence-electron chi connectivity index (χ3n) is 3.22. The molecule has 1 aromatic carbocycles. The van der Waals surface area contributed by atoms with Crippen LogP contribution in [-0.4, -0.2) is 74.4 Å². The van der Waals surface area contributed by atoms with Crippen molar-refractivity contribution in [2.24, 2.45) is 0 Å². The lowest BCUT2D eigenvalue weighted by Gasteiger charge is -2.21. The van der Waals surface area contributed by atoms with Crippen molar-refractivity contribution in [2.75, 3.05) is 19.8 Å². The summed E-state index contributed by atoms with van der Waals surface area (Å²) in [4.78, 5) is 11.8. The Labute approximate surface area is 127 Å². The fraction of sp³-hybridized carbons (Fsp3) is 0.500. The third kappa shape index (κ3) is 4.93. The molecule has 0 bridgehead atoms. The van der Waals surface area contributed by atoms with Gasteiger partial charge in [0.15, 0.2) is 5.78 Å². The van der Waals surface area contributed by atoms with Gasteiger partial charge in [-0.2, -0.15) is 0 Å². The van der Waals surface area contributed by atoms with Crippen LogP contribution in [0.15, 0.2) is 18.2 Å². The number of nitrogens with one attached hydrogen (secondary N) is 1. The maximum Gasteiger partial charge on any atom is 0.183 e. The van der Waals surface area contributed by atoms with Gasteiger partial charge in [0.2, 0.25) is 0 Å². The van der Waals surface area contributed by atoms with Crippen LogP contribution in [0.25, 0.3) is 0 Å². The van der Waals surface area contributed by atoms with Crippen molar-refractivity contribution in [3.05, 3.63) is 23.8 Å². The number of carbonyl (C=O) groups is 1. The van der Waals surface area contributed by atoms with Gasteiger partial charge in [0.05, 0.1) is 19.3 Å². The summed E-state index contributed by atoms with van der Waals surface area (Å²) < 4.78 is 0. The Kier molecular flexibility index (Phi) is 7.22. The van der Waals surface area contributed by atoms with Crippen molar-refractivity contribution in [3.8, 4) is 11.5 Å². The second-order valence-electron chi connectivity index (χ2n) is 4.85. The molecule has 0 amide bonds. The Morgan fingerprint density at radius 2 is 1.82 bits per heavy atom. The predicted octanol–water partition coefficient (Wildman–Crippen LogP) is -2.13. The van der Waals surface area contributed by atoms with E-state index in [1.54, 1.807) is 0 Å². The van der Waals surface area contributed by atoms with Crippen LogP contribution in [0, 0.1) is 0 Å². The first-order chi connectivity index (χ1) is 10.4. The van der Waals surface area contributed by atoms with E-state index in [1.165, 1.54) is 18.2 Å². The van der Waals surface area contributed by atoms with E-state index >= 15 is 0 Å². The fourth-order valence-electron chi connectivity index (χ4n) is 1.90. The van der Waals surface area contributed by atoms with Crippen LogP contribution < -0.4 is 5.32 Å². The predicted molar refractivity (Wildman–Crippen MR) is 76.5 cm³/mol. The molecule has 1 rings (SSSR count). The summed E-state index contributed by atoms with van der Waals surface area (Å²) in [7, 11) is 0. The lowest BCUT2D eigenvalue weighted by atomic mass is 10.0. The number of rotatable bonds is 9. The van der Waals surface area contributed by atoms with Gasteiger partial charge < -0.3 is 36.0 Å². The molecule has 8 nitrogen and oxygen atoms in total. The number of aliphatic hydroxyl groups is 4. The van der Waals surface area contributed by atoms with Crippen molar-refractivity contribution in [3.63, 3.8) is 0 Å². The molecule has 0 aromatic heterocycles. The molecule has 3 atom stereocenters. The highest BCUT2D eigenvalue weighted by Gasteiger charge is 2.29. The Morgan fingerprint density at radius 1 is 1.14 bits per heavy atom. The highest BCUT2D eigenvalue weighted by Crippen LogP contribution is 2.22. The summed E-state index contributed by atoms with van der Waals surface area (Å²) in [5.74, 6) is -0.865. The summed E-state index contributed by atoms with van der Waals surface area (Å²) in [6.07, 6.45) is -3.15. The molecule has 7 N–H and O–H groups in total. The summed E-state index contributed by atoms with van der Waals surface area (Å²) in [5.41, 5.74) is 0.451. The molecular weight excluding hydrogens is 294 g/mol. The molecule has 0 unspecified atom stereocenters. The first-order valence-electron chi connectivity index (χ1n) is 6.76. The topological polar surface area (TPSA) is 150 Å². The normalized spacial score (nSPS) is 15.3. The van der Waals surface area contributed by atoms with E-state index in [2.05, 4.69) is 5.32 Å². The lowest BCUT2D eigenvalue weighted by molar-refractivity contribution is -0.137. The lowest BCUT2D eigenvalue weighted by Crippen LogP contribution is -2.50. The zero-order valence-corrected chi connectivity index (χ0v) is 11.9. The molecule has 0 aliphatic carbocycles. The number of phenols is 2. The van der Waals surface area contributed by atoms with E-state index in [0.717, 1.165) is 0 Å². The van der Waals surface area contributed by atoms with Crippen LogP contribution in [-0.2, 0) is 11.2 Å². The quantitative estimate of drug-likeness (QED) is 0.255. The molecule has 0 saturated carbocycles. The molecular formula is C14H21NO7. The van der Waals surface area contributed by atoms with Crippen molar-refractivity contribution >= 4 is 5.78 Å². The van der Waals surface area contributed by atoms with Crippen LogP contribution >= 0.6 is 0 Å². The summed E-state index contributed by atoms with van der Waals surface area (Å²) >= 11 is 0. The zero-order chi connectivity index (χ0) is 16.7. The minimum absolute atomic E-state index is 0.0101. The van der Waals surface area contributed by atoms with Crippen LogP contribution in [0.1, 0.15) is 5.56 Å². The minimum Gasteiger partial charge on any atom is -0.508 e. The highest BCUT2D eigenvalue weighted by molar-refractivity contribution is 5.88. The molecule has 0 heterocycles. The molecule has 124 valence electrons. The van der Waals surface area contributed by atoms with Crippen molar-refractivity contribution in [2.45, 2.75) is 24.7 Å². The Morgan fingerprint density at radius 3 is 2.41 bits per heavy atom. The van der Waals surface area contributed by atoms with E-state index in [4.69, 9.17) is 10.2 Å². The molecule has 0 aliphatic heterocycles. The third-order valence-corrected chi connectivity index (χ3v) is 3.22. The van der Waals surface area contributed by atoms with E-state index in [-0.39, 0.29) is 24.5 Å². The molecule has 0 saturated heterocycles. The van der Waals surface area contributed by atoms with Gasteiger partial charge in [0.25, 0.3) is 0 Å². The van der Waals surface area contributed by atoms with Gasteiger partial charge in [-0.1, -0.05) is 0 Å². The molecule has 0 radical (unpaired) electrons. The standard InChI is InChI=1S/C14H21NO7/c16-6-10(13(21)14(22)12(20)7-17)15-4-3-8-5-9(18)1-2-11(8)19/h1-2,5,10,12,14-20,22H,3-4,6-7H2/t10-,12-,14-/m1/s1. The SMILES string of the molecule is O=C([C@@H](CO)NCCc1cc(O)ccc1O)[C@H](O)[C@H](O)CO. The molecule has 0 fully saturated rings. The van der Waals surface area contributed by atoms with Crippen molar-refractivity contribution in [1.82, 2.24) is 5.32 Å². The van der Waals surface area contributed by atoms with Crippen molar-refractivity contribution in [1.29, 1.82) is 0 Å². The number of hydrogen-bond donors (Lipinski definition) is 7. The monoisotopic (exact) mass is 315 g/mol. The van der Waals surface area contributed by atoms with E-state index in [9.17, 15) is 25.2 Å². The second kappa shape index (κ2) is 8.66. The van der Waals surface area contributed by atoms with E-state index in [1.807, 2.05) is 0 Å². The summed E-state index contributed by atoms with van der Waals surface area (Å²) in [6, 6.07) is 2.92. The highest BCUT2D eigenvalue weighted by atomic mass is 16.4. The summed E-state index contributed by atoms with van der Waals surface area (Å²) in [5, 5.41) is 58.2. The maximum absolute atomic E-state index is 11.8. The van der Waals surface area contributed by atoms with Gasteiger partial charge >= 0.3 is 0 Å². The Hall–Kier alpha value is -1.71. The number of ketones is 1. The number of aromatic hydroxyl groups is 2. The molecule has 0 aliphatic rings. The number of aliphatic hydroxyl groups excluding tert-OH is 4. The van der Waals surface area contributed by atoms with E-state index in [0.29, 0.717) is 5.56 Å². The number of carbonyl (C=O) groups excluding carboxylic acids is 1. The number of hydrogen-bond acceptors (Lipinski definition) is 8.